The number of aromatic nitrogens is 2. The van der Waals surface area contributed by atoms with Gasteiger partial charge >= 0.3 is 0 Å². The van der Waals surface area contributed by atoms with Gasteiger partial charge in [-0.2, -0.15) is 0 Å². The number of allylic oxidation sites excluding steroid dienone is 2. The average molecular weight is 677 g/mol. The first-order chi connectivity index (χ1) is 26.8. The predicted molar refractivity (Wildman–Crippen MR) is 213 cm³/mol. The first-order valence-electron chi connectivity index (χ1n) is 20.4. The van der Waals surface area contributed by atoms with Gasteiger partial charge in [-0.3, -0.25) is 4.57 Å². The summed E-state index contributed by atoms with van der Waals surface area (Å²) in [4.78, 5) is 8.65. The fourth-order valence-electron chi connectivity index (χ4n) is 7.10. The van der Waals surface area contributed by atoms with Gasteiger partial charge < -0.3 is 14.5 Å². The van der Waals surface area contributed by atoms with Gasteiger partial charge in [-0.15, -0.1) is 0 Å². The quantitative estimate of drug-likeness (QED) is 0.182. The molecule has 1 atom stereocenters. The van der Waals surface area contributed by atoms with Crippen molar-refractivity contribution in [2.24, 2.45) is 0 Å². The molecule has 4 heterocycles. The fourth-order valence-corrected chi connectivity index (χ4v) is 7.10. The molecule has 0 amide bonds. The number of pyridine rings is 1. The second-order valence-corrected chi connectivity index (χ2v) is 15.5. The Hall–Kier alpha value is -5.55. The summed E-state index contributed by atoms with van der Waals surface area (Å²) >= 11 is 0. The standard InChI is InChI=1S/C46H46N4O/c1-30-14-13-15-31(2)44(30)50-41(29-48-23-12-11-18-43(48)50)32-24-34(46(6,7)8)26-36(25-32)51-35-19-20-38-37-16-9-10-17-39(37)49(40(38)28-35)42-27-33(21-22-47-42)45(3,4)5/h9-29,43H,1-8H3/i1D3,2D3. The zero-order valence-electron chi connectivity index (χ0n) is 35.9. The molecule has 2 aliphatic rings. The normalized spacial score (nSPS) is 18.2. The summed E-state index contributed by atoms with van der Waals surface area (Å²) < 4.78 is 59.9. The van der Waals surface area contributed by atoms with Crippen LogP contribution in [0.15, 0.2) is 128 Å². The van der Waals surface area contributed by atoms with Crippen molar-refractivity contribution in [3.63, 3.8) is 0 Å². The minimum Gasteiger partial charge on any atom is -0.457 e. The van der Waals surface area contributed by atoms with E-state index in [-0.39, 0.29) is 27.6 Å². The molecular formula is C46H46N4O. The maximum absolute atomic E-state index is 8.49. The van der Waals surface area contributed by atoms with Gasteiger partial charge in [-0.05, 0) is 107 Å². The number of rotatable bonds is 5. The molecule has 0 spiro atoms. The van der Waals surface area contributed by atoms with Crippen LogP contribution in [0.5, 0.6) is 11.5 Å². The third-order valence-corrected chi connectivity index (χ3v) is 9.82. The molecule has 6 aromatic rings. The molecule has 2 aromatic heterocycles. The highest BCUT2D eigenvalue weighted by atomic mass is 16.5. The molecule has 0 bridgehead atoms. The van der Waals surface area contributed by atoms with Gasteiger partial charge in [0.2, 0.25) is 0 Å². The molecule has 8 rings (SSSR count). The highest BCUT2D eigenvalue weighted by molar-refractivity contribution is 6.09. The number of benzene rings is 4. The van der Waals surface area contributed by atoms with E-state index in [1.54, 1.807) is 0 Å². The molecular weight excluding hydrogens is 625 g/mol. The summed E-state index contributed by atoms with van der Waals surface area (Å²) in [6.45, 7) is 7.83. The highest BCUT2D eigenvalue weighted by Crippen LogP contribution is 2.43. The SMILES string of the molecule is [2H]C([2H])([2H])c1cccc(C([2H])([2H])[2H])c1N1C(c2cc(Oc3ccc4c5ccccc5n(-c5cc(C(C)(C)C)ccn5)c4c3)cc(C(C)(C)C)c2)=CN2C=CC=CC21. The van der Waals surface area contributed by atoms with Crippen molar-refractivity contribution in [1.29, 1.82) is 0 Å². The largest absolute Gasteiger partial charge is 0.457 e. The molecule has 0 saturated heterocycles. The summed E-state index contributed by atoms with van der Waals surface area (Å²) in [5.41, 5.74) is 5.32. The van der Waals surface area contributed by atoms with Crippen molar-refractivity contribution < 1.29 is 13.0 Å². The predicted octanol–water partition coefficient (Wildman–Crippen LogP) is 11.7. The number of para-hydroxylation sites is 2. The lowest BCUT2D eigenvalue weighted by atomic mass is 9.85. The Morgan fingerprint density at radius 3 is 2.24 bits per heavy atom. The van der Waals surface area contributed by atoms with Crippen molar-refractivity contribution in [3.8, 4) is 17.3 Å². The van der Waals surface area contributed by atoms with Crippen LogP contribution >= 0.6 is 0 Å². The Morgan fingerprint density at radius 1 is 0.706 bits per heavy atom. The summed E-state index contributed by atoms with van der Waals surface area (Å²) in [7, 11) is 0. The number of ether oxygens (including phenoxy) is 1. The van der Waals surface area contributed by atoms with Gasteiger partial charge in [0.05, 0.1) is 16.7 Å². The molecule has 0 fully saturated rings. The topological polar surface area (TPSA) is 33.5 Å². The Morgan fingerprint density at radius 2 is 1.47 bits per heavy atom. The highest BCUT2D eigenvalue weighted by Gasteiger charge is 2.34. The van der Waals surface area contributed by atoms with Gasteiger partial charge in [-0.25, -0.2) is 4.98 Å². The van der Waals surface area contributed by atoms with Gasteiger partial charge in [0.25, 0.3) is 0 Å². The molecule has 2 aliphatic heterocycles. The van der Waals surface area contributed by atoms with Crippen molar-refractivity contribution in [2.75, 3.05) is 4.90 Å². The van der Waals surface area contributed by atoms with E-state index in [2.05, 4.69) is 88.6 Å². The second kappa shape index (κ2) is 12.1. The number of hydrogen-bond donors (Lipinski definition) is 0. The van der Waals surface area contributed by atoms with Crippen LogP contribution in [0, 0.1) is 13.7 Å². The number of hydrogen-bond acceptors (Lipinski definition) is 4. The van der Waals surface area contributed by atoms with Crippen molar-refractivity contribution in [2.45, 2.75) is 72.2 Å². The van der Waals surface area contributed by atoms with E-state index in [1.165, 1.54) is 23.8 Å². The molecule has 0 radical (unpaired) electrons. The van der Waals surface area contributed by atoms with Crippen LogP contribution < -0.4 is 9.64 Å². The zero-order chi connectivity index (χ0) is 40.7. The maximum Gasteiger partial charge on any atom is 0.137 e. The number of aryl methyl sites for hydroxylation is 2. The third kappa shape index (κ3) is 5.81. The maximum atomic E-state index is 8.49. The number of anilines is 1. The Kier molecular flexibility index (Phi) is 6.21. The Labute approximate surface area is 310 Å². The van der Waals surface area contributed by atoms with E-state index in [4.69, 9.17) is 17.9 Å². The van der Waals surface area contributed by atoms with Gasteiger partial charge in [0.1, 0.15) is 23.5 Å². The van der Waals surface area contributed by atoms with Crippen LogP contribution in [0.25, 0.3) is 33.3 Å². The smallest absolute Gasteiger partial charge is 0.137 e. The van der Waals surface area contributed by atoms with E-state index < -0.39 is 19.9 Å². The van der Waals surface area contributed by atoms with Crippen LogP contribution in [0.2, 0.25) is 0 Å². The van der Waals surface area contributed by atoms with E-state index in [9.17, 15) is 0 Å². The van der Waals surface area contributed by atoms with E-state index in [1.807, 2.05) is 77.0 Å². The lowest BCUT2D eigenvalue weighted by molar-refractivity contribution is 0.455. The van der Waals surface area contributed by atoms with E-state index in [0.717, 1.165) is 38.8 Å². The van der Waals surface area contributed by atoms with Gasteiger partial charge in [0.15, 0.2) is 0 Å². The summed E-state index contributed by atoms with van der Waals surface area (Å²) in [6.07, 6.45) is 11.0. The third-order valence-electron chi connectivity index (χ3n) is 9.82. The molecule has 4 aromatic carbocycles. The zero-order valence-corrected chi connectivity index (χ0v) is 29.9. The molecule has 256 valence electrons. The first-order valence-corrected chi connectivity index (χ1v) is 17.4. The van der Waals surface area contributed by atoms with E-state index in [0.29, 0.717) is 17.2 Å². The fraction of sp³-hybridized carbons (Fsp3) is 0.239. The van der Waals surface area contributed by atoms with Crippen LogP contribution in [-0.2, 0) is 10.8 Å². The first kappa shape index (κ1) is 26.3. The van der Waals surface area contributed by atoms with Crippen molar-refractivity contribution >= 4 is 33.2 Å². The molecule has 0 aliphatic carbocycles. The van der Waals surface area contributed by atoms with Crippen molar-refractivity contribution in [1.82, 2.24) is 14.5 Å². The van der Waals surface area contributed by atoms with Gasteiger partial charge in [-0.1, -0.05) is 84.0 Å². The molecule has 5 heteroatoms. The van der Waals surface area contributed by atoms with Crippen LogP contribution in [0.3, 0.4) is 0 Å². The van der Waals surface area contributed by atoms with E-state index >= 15 is 0 Å². The average Bonchev–Trinajstić information content (AvgIpc) is 3.69. The number of nitrogens with zero attached hydrogens (tertiary/aromatic N) is 4. The van der Waals surface area contributed by atoms with Gasteiger partial charge in [0, 0.05) is 54.9 Å². The lowest BCUT2D eigenvalue weighted by Crippen LogP contribution is -2.37. The molecule has 0 N–H and O–H groups in total. The molecule has 51 heavy (non-hydrogen) atoms. The Balaban J connectivity index is 1.29. The Bertz CT molecular complexity index is 2600. The summed E-state index contributed by atoms with van der Waals surface area (Å²) in [6, 6.07) is 29.3. The van der Waals surface area contributed by atoms with Crippen LogP contribution in [-0.4, -0.2) is 20.6 Å². The summed E-state index contributed by atoms with van der Waals surface area (Å²) in [5, 5.41) is 2.19. The molecule has 1 unspecified atom stereocenters. The second-order valence-electron chi connectivity index (χ2n) is 15.5. The lowest BCUT2D eigenvalue weighted by Gasteiger charge is -2.34. The van der Waals surface area contributed by atoms with Crippen LogP contribution in [0.1, 0.15) is 77.6 Å². The molecule has 0 saturated carbocycles. The molecule has 5 nitrogen and oxygen atoms in total. The van der Waals surface area contributed by atoms with Crippen molar-refractivity contribution in [3.05, 3.63) is 156 Å². The number of fused-ring (bicyclic) bond motifs is 4. The summed E-state index contributed by atoms with van der Waals surface area (Å²) in [5.74, 6) is 2.04. The minimum absolute atomic E-state index is 0.0264. The monoisotopic (exact) mass is 676 g/mol. The van der Waals surface area contributed by atoms with Crippen LogP contribution in [0.4, 0.5) is 5.69 Å². The minimum atomic E-state index is -2.57.